The van der Waals surface area contributed by atoms with Crippen molar-refractivity contribution >= 4 is 33.3 Å². The van der Waals surface area contributed by atoms with Crippen LogP contribution in [0.25, 0.3) is 0 Å². The Bertz CT molecular complexity index is 336. The molecule has 0 aliphatic heterocycles. The topological polar surface area (TPSA) is 16.1 Å². The molecule has 96 valence electrons. The maximum Gasteiger partial charge on any atom is 0.147 e. The Kier molecular flexibility index (Phi) is 6.90. The molecular formula is C13H20BrClN2. The normalized spacial score (nSPS) is 10.6. The minimum atomic E-state index is 0.728. The van der Waals surface area contributed by atoms with E-state index in [4.69, 9.17) is 11.6 Å². The van der Waals surface area contributed by atoms with E-state index in [1.54, 1.807) is 0 Å². The minimum Gasteiger partial charge on any atom is -0.355 e. The smallest absolute Gasteiger partial charge is 0.147 e. The number of halogens is 2. The summed E-state index contributed by atoms with van der Waals surface area (Å²) >= 11 is 9.63. The van der Waals surface area contributed by atoms with Gasteiger partial charge in [0.2, 0.25) is 0 Å². The summed E-state index contributed by atoms with van der Waals surface area (Å²) in [5.74, 6) is 0.914. The molecule has 0 spiro atoms. The number of nitrogens with zero attached hydrogens (tertiary/aromatic N) is 2. The molecule has 2 nitrogen and oxygen atoms in total. The zero-order valence-electron chi connectivity index (χ0n) is 10.5. The largest absolute Gasteiger partial charge is 0.355 e. The molecule has 4 heteroatoms. The fourth-order valence-corrected chi connectivity index (χ4v) is 2.41. The predicted octanol–water partition coefficient (Wildman–Crippen LogP) is 4.90. The maximum absolute atomic E-state index is 6.25. The number of pyridine rings is 1. The van der Waals surface area contributed by atoms with Crippen LogP contribution in [0.1, 0.15) is 39.5 Å². The first kappa shape index (κ1) is 14.8. The van der Waals surface area contributed by atoms with Crippen LogP contribution in [0.3, 0.4) is 0 Å². The second-order valence-electron chi connectivity index (χ2n) is 4.15. The van der Waals surface area contributed by atoms with E-state index in [9.17, 15) is 0 Å². The van der Waals surface area contributed by atoms with Gasteiger partial charge in [-0.1, -0.05) is 38.3 Å². The number of aromatic nitrogens is 1. The second kappa shape index (κ2) is 7.93. The summed E-state index contributed by atoms with van der Waals surface area (Å²) in [4.78, 5) is 6.72. The van der Waals surface area contributed by atoms with Gasteiger partial charge in [-0.25, -0.2) is 4.98 Å². The minimum absolute atomic E-state index is 0.728. The highest BCUT2D eigenvalue weighted by atomic mass is 79.9. The molecule has 1 heterocycles. The van der Waals surface area contributed by atoms with E-state index in [0.29, 0.717) is 0 Å². The predicted molar refractivity (Wildman–Crippen MR) is 79.0 cm³/mol. The van der Waals surface area contributed by atoms with Gasteiger partial charge in [0.15, 0.2) is 0 Å². The van der Waals surface area contributed by atoms with E-state index in [1.165, 1.54) is 25.7 Å². The van der Waals surface area contributed by atoms with Crippen molar-refractivity contribution in [1.29, 1.82) is 0 Å². The summed E-state index contributed by atoms with van der Waals surface area (Å²) < 4.78 is 0.928. The fourth-order valence-electron chi connectivity index (χ4n) is 1.66. The molecule has 0 saturated heterocycles. The molecule has 0 amide bonds. The van der Waals surface area contributed by atoms with E-state index in [1.807, 2.05) is 12.3 Å². The molecule has 0 aromatic carbocycles. The third kappa shape index (κ3) is 4.84. The van der Waals surface area contributed by atoms with Crippen LogP contribution in [0.15, 0.2) is 16.7 Å². The third-order valence-electron chi connectivity index (χ3n) is 2.65. The van der Waals surface area contributed by atoms with Gasteiger partial charge in [-0.05, 0) is 34.8 Å². The van der Waals surface area contributed by atoms with Gasteiger partial charge in [0.05, 0.1) is 5.02 Å². The number of unbranched alkanes of at least 4 members (excludes halogenated alkanes) is 2. The quantitative estimate of drug-likeness (QED) is 0.710. The van der Waals surface area contributed by atoms with Crippen LogP contribution in [0, 0.1) is 0 Å². The average Bonchev–Trinajstić information content (AvgIpc) is 2.30. The lowest BCUT2D eigenvalue weighted by molar-refractivity contribution is 0.671. The van der Waals surface area contributed by atoms with Crippen LogP contribution in [0.5, 0.6) is 0 Å². The van der Waals surface area contributed by atoms with E-state index in [-0.39, 0.29) is 0 Å². The van der Waals surface area contributed by atoms with Gasteiger partial charge in [-0.2, -0.15) is 0 Å². The lowest BCUT2D eigenvalue weighted by Crippen LogP contribution is -2.26. The van der Waals surface area contributed by atoms with Crippen LogP contribution in [0.4, 0.5) is 5.82 Å². The van der Waals surface area contributed by atoms with Crippen LogP contribution >= 0.6 is 27.5 Å². The molecule has 0 unspecified atom stereocenters. The molecule has 17 heavy (non-hydrogen) atoms. The highest BCUT2D eigenvalue weighted by molar-refractivity contribution is 9.10. The van der Waals surface area contributed by atoms with Gasteiger partial charge in [-0.15, -0.1) is 0 Å². The Hall–Kier alpha value is -0.280. The van der Waals surface area contributed by atoms with Crippen molar-refractivity contribution in [3.63, 3.8) is 0 Å². The van der Waals surface area contributed by atoms with Gasteiger partial charge < -0.3 is 4.90 Å². The molecule has 0 fully saturated rings. The molecule has 1 aromatic rings. The standard InChI is InChI=1S/C13H20BrClN2/c1-3-5-7-17(8-6-4-2)13-12(15)9-11(14)10-16-13/h9-10H,3-8H2,1-2H3. The molecule has 1 aromatic heterocycles. The third-order valence-corrected chi connectivity index (χ3v) is 3.36. The van der Waals surface area contributed by atoms with Crippen LogP contribution in [-0.2, 0) is 0 Å². The summed E-state index contributed by atoms with van der Waals surface area (Å²) in [5, 5.41) is 0.728. The highest BCUT2D eigenvalue weighted by Gasteiger charge is 2.11. The Morgan fingerprint density at radius 2 is 1.82 bits per heavy atom. The van der Waals surface area contributed by atoms with Crippen LogP contribution in [-0.4, -0.2) is 18.1 Å². The summed E-state index contributed by atoms with van der Waals surface area (Å²) in [6.45, 7) is 6.47. The van der Waals surface area contributed by atoms with E-state index >= 15 is 0 Å². The van der Waals surface area contributed by atoms with E-state index in [2.05, 4.69) is 39.7 Å². The lowest BCUT2D eigenvalue weighted by atomic mass is 10.2. The first-order valence-electron chi connectivity index (χ1n) is 6.25. The molecule has 0 saturated carbocycles. The molecule has 0 radical (unpaired) electrons. The number of rotatable bonds is 7. The summed E-state index contributed by atoms with van der Waals surface area (Å²) in [6, 6.07) is 1.91. The van der Waals surface area contributed by atoms with E-state index < -0.39 is 0 Å². The Morgan fingerprint density at radius 3 is 2.29 bits per heavy atom. The van der Waals surface area contributed by atoms with Gasteiger partial charge in [0.1, 0.15) is 5.82 Å². The molecule has 0 aliphatic carbocycles. The zero-order chi connectivity index (χ0) is 12.7. The summed E-state index contributed by atoms with van der Waals surface area (Å²) in [6.07, 6.45) is 6.55. The first-order chi connectivity index (χ1) is 8.19. The number of hydrogen-bond acceptors (Lipinski definition) is 2. The molecule has 0 atom stereocenters. The van der Waals surface area contributed by atoms with Gasteiger partial charge in [0.25, 0.3) is 0 Å². The monoisotopic (exact) mass is 318 g/mol. The fraction of sp³-hybridized carbons (Fsp3) is 0.615. The maximum atomic E-state index is 6.25. The molecule has 0 aliphatic rings. The van der Waals surface area contributed by atoms with Crippen molar-refractivity contribution in [2.75, 3.05) is 18.0 Å². The van der Waals surface area contributed by atoms with Gasteiger partial charge >= 0.3 is 0 Å². The molecule has 1 rings (SSSR count). The van der Waals surface area contributed by atoms with E-state index in [0.717, 1.165) is 28.4 Å². The lowest BCUT2D eigenvalue weighted by Gasteiger charge is -2.24. The molecule has 0 bridgehead atoms. The second-order valence-corrected chi connectivity index (χ2v) is 5.48. The van der Waals surface area contributed by atoms with Gasteiger partial charge in [-0.3, -0.25) is 0 Å². The number of hydrogen-bond donors (Lipinski definition) is 0. The molecular weight excluding hydrogens is 300 g/mol. The van der Waals surface area contributed by atoms with Crippen molar-refractivity contribution in [2.24, 2.45) is 0 Å². The van der Waals surface area contributed by atoms with Crippen molar-refractivity contribution in [3.8, 4) is 0 Å². The van der Waals surface area contributed by atoms with Gasteiger partial charge in [0, 0.05) is 23.8 Å². The highest BCUT2D eigenvalue weighted by Crippen LogP contribution is 2.26. The van der Waals surface area contributed by atoms with Crippen LogP contribution < -0.4 is 4.90 Å². The average molecular weight is 320 g/mol. The van der Waals surface area contributed by atoms with Crippen molar-refractivity contribution < 1.29 is 0 Å². The summed E-state index contributed by atoms with van der Waals surface area (Å²) in [7, 11) is 0. The Morgan fingerprint density at radius 1 is 1.24 bits per heavy atom. The number of anilines is 1. The van der Waals surface area contributed by atoms with Crippen molar-refractivity contribution in [2.45, 2.75) is 39.5 Å². The SMILES string of the molecule is CCCCN(CCCC)c1ncc(Br)cc1Cl. The zero-order valence-corrected chi connectivity index (χ0v) is 12.9. The van der Waals surface area contributed by atoms with Crippen molar-refractivity contribution in [3.05, 3.63) is 21.8 Å². The van der Waals surface area contributed by atoms with Crippen molar-refractivity contribution in [1.82, 2.24) is 4.98 Å². The summed E-state index contributed by atoms with van der Waals surface area (Å²) in [5.41, 5.74) is 0. The van der Waals surface area contributed by atoms with Crippen LogP contribution in [0.2, 0.25) is 5.02 Å². The molecule has 0 N–H and O–H groups in total. The Labute approximate surface area is 118 Å². The first-order valence-corrected chi connectivity index (χ1v) is 7.42. The Balaban J connectivity index is 2.79.